The van der Waals surface area contributed by atoms with Gasteiger partial charge in [0.1, 0.15) is 11.8 Å². The second-order valence-electron chi connectivity index (χ2n) is 8.07. The normalized spacial score (nSPS) is 11.2. The fourth-order valence-corrected chi connectivity index (χ4v) is 3.98. The summed E-state index contributed by atoms with van der Waals surface area (Å²) < 4.78 is 36.2. The molecule has 0 aliphatic rings. The molecule has 9 heteroatoms. The van der Waals surface area contributed by atoms with Gasteiger partial charge in [0.15, 0.2) is 5.69 Å². The minimum atomic E-state index is -2.71. The number of benzene rings is 2. The number of hydrogen-bond donors (Lipinski definition) is 0. The van der Waals surface area contributed by atoms with Gasteiger partial charge in [0.25, 0.3) is 6.43 Å². The molecule has 2 aromatic carbocycles. The van der Waals surface area contributed by atoms with Crippen molar-refractivity contribution in [3.8, 4) is 11.8 Å². The molecule has 0 saturated carbocycles. The Hall–Kier alpha value is -3.40. The first kappa shape index (κ1) is 23.7. The zero-order chi connectivity index (χ0) is 24.2. The van der Waals surface area contributed by atoms with E-state index in [4.69, 9.17) is 10.00 Å². The zero-order valence-electron chi connectivity index (χ0n) is 18.9. The topological polar surface area (TPSA) is 68.7 Å². The molecule has 34 heavy (non-hydrogen) atoms. The summed E-state index contributed by atoms with van der Waals surface area (Å²) in [4.78, 5) is 0. The van der Waals surface area contributed by atoms with Gasteiger partial charge in [-0.1, -0.05) is 35.9 Å². The molecule has 2 aromatic heterocycles. The lowest BCUT2D eigenvalue weighted by molar-refractivity contribution is 0.107. The molecule has 1 atom stereocenters. The van der Waals surface area contributed by atoms with E-state index in [0.29, 0.717) is 24.6 Å². The molecule has 0 N–H and O–H groups in total. The second kappa shape index (κ2) is 10.3. The van der Waals surface area contributed by atoms with Crippen LogP contribution in [0, 0.1) is 18.3 Å². The van der Waals surface area contributed by atoms with Crippen molar-refractivity contribution in [2.24, 2.45) is 7.05 Å². The van der Waals surface area contributed by atoms with E-state index in [-0.39, 0.29) is 17.8 Å². The molecule has 174 valence electrons. The van der Waals surface area contributed by atoms with Crippen molar-refractivity contribution in [2.45, 2.75) is 33.0 Å². The predicted octanol–water partition coefficient (Wildman–Crippen LogP) is 4.53. The first-order chi connectivity index (χ1) is 16.3. The highest BCUT2D eigenvalue weighted by Gasteiger charge is 2.20. The number of aryl methyl sites for hydroxylation is 2. The van der Waals surface area contributed by atoms with Crippen LogP contribution < -0.4 is 5.30 Å². The maximum atomic E-state index is 13.6. The SMILES string of the molecule is Cc1ccc(COCc2cc(P)ccc2-n2nc(C(F)F)cc2Cc2cc(C#N)nn2C)cc1. The minimum absolute atomic E-state index is 0.273. The summed E-state index contributed by atoms with van der Waals surface area (Å²) in [6, 6.07) is 18.8. The van der Waals surface area contributed by atoms with Gasteiger partial charge in [-0.3, -0.25) is 4.68 Å². The molecule has 0 bridgehead atoms. The van der Waals surface area contributed by atoms with Crippen LogP contribution in [-0.4, -0.2) is 19.6 Å². The second-order valence-corrected chi connectivity index (χ2v) is 8.74. The summed E-state index contributed by atoms with van der Waals surface area (Å²) in [7, 11) is 4.37. The fourth-order valence-electron chi connectivity index (χ4n) is 3.68. The smallest absolute Gasteiger partial charge is 0.282 e. The van der Waals surface area contributed by atoms with E-state index in [1.165, 1.54) is 16.3 Å². The third-order valence-corrected chi connectivity index (χ3v) is 5.82. The van der Waals surface area contributed by atoms with Crippen molar-refractivity contribution < 1.29 is 13.5 Å². The van der Waals surface area contributed by atoms with E-state index in [1.54, 1.807) is 17.8 Å². The number of alkyl halides is 2. The average molecular weight is 479 g/mol. The fraction of sp³-hybridized carbons (Fsp3) is 0.240. The highest BCUT2D eigenvalue weighted by Crippen LogP contribution is 2.25. The van der Waals surface area contributed by atoms with E-state index in [1.807, 2.05) is 55.5 Å². The molecular weight excluding hydrogens is 455 g/mol. The lowest BCUT2D eigenvalue weighted by Gasteiger charge is -2.14. The summed E-state index contributed by atoms with van der Waals surface area (Å²) in [5.41, 5.74) is 4.98. The van der Waals surface area contributed by atoms with Gasteiger partial charge in [-0.05, 0) is 42.1 Å². The van der Waals surface area contributed by atoms with Gasteiger partial charge in [-0.15, -0.1) is 9.24 Å². The molecule has 0 spiro atoms. The zero-order valence-corrected chi connectivity index (χ0v) is 20.0. The Morgan fingerprint density at radius 2 is 1.79 bits per heavy atom. The molecule has 0 saturated heterocycles. The maximum absolute atomic E-state index is 13.6. The van der Waals surface area contributed by atoms with E-state index in [2.05, 4.69) is 19.4 Å². The van der Waals surface area contributed by atoms with Crippen LogP contribution in [0.2, 0.25) is 0 Å². The van der Waals surface area contributed by atoms with Crippen LogP contribution in [0.5, 0.6) is 0 Å². The highest BCUT2D eigenvalue weighted by molar-refractivity contribution is 7.27. The highest BCUT2D eigenvalue weighted by atomic mass is 31.0. The van der Waals surface area contributed by atoms with Crippen molar-refractivity contribution in [1.29, 1.82) is 5.26 Å². The van der Waals surface area contributed by atoms with Crippen LogP contribution in [0.3, 0.4) is 0 Å². The monoisotopic (exact) mass is 479 g/mol. The van der Waals surface area contributed by atoms with Crippen molar-refractivity contribution in [2.75, 3.05) is 0 Å². The van der Waals surface area contributed by atoms with Gasteiger partial charge < -0.3 is 4.74 Å². The number of rotatable bonds is 8. The number of hydrogen-bond acceptors (Lipinski definition) is 4. The van der Waals surface area contributed by atoms with Crippen molar-refractivity contribution in [3.05, 3.63) is 94.1 Å². The number of nitrogens with zero attached hydrogens (tertiary/aromatic N) is 5. The first-order valence-corrected chi connectivity index (χ1v) is 11.2. The van der Waals surface area contributed by atoms with E-state index in [0.717, 1.165) is 22.1 Å². The summed E-state index contributed by atoms with van der Waals surface area (Å²) in [5.74, 6) is 0. The Bertz CT molecular complexity index is 1340. The Morgan fingerprint density at radius 3 is 2.47 bits per heavy atom. The molecular formula is C25H24F2N5OP. The van der Waals surface area contributed by atoms with Crippen molar-refractivity contribution >= 4 is 14.5 Å². The van der Waals surface area contributed by atoms with Gasteiger partial charge in [-0.2, -0.15) is 15.5 Å². The van der Waals surface area contributed by atoms with Gasteiger partial charge in [0, 0.05) is 24.7 Å². The van der Waals surface area contributed by atoms with Crippen LogP contribution >= 0.6 is 9.24 Å². The number of aromatic nitrogens is 4. The summed E-state index contributed by atoms with van der Waals surface area (Å²) in [6.07, 6.45) is -2.42. The van der Waals surface area contributed by atoms with Crippen LogP contribution in [0.4, 0.5) is 8.78 Å². The molecule has 0 amide bonds. The molecule has 0 aliphatic heterocycles. The Balaban J connectivity index is 1.65. The summed E-state index contributed by atoms with van der Waals surface area (Å²) in [6.45, 7) is 2.75. The summed E-state index contributed by atoms with van der Waals surface area (Å²) in [5, 5.41) is 18.4. The Morgan fingerprint density at radius 1 is 1.03 bits per heavy atom. The van der Waals surface area contributed by atoms with Gasteiger partial charge in [0.05, 0.1) is 24.6 Å². The largest absolute Gasteiger partial charge is 0.372 e. The lowest BCUT2D eigenvalue weighted by atomic mass is 10.1. The molecule has 0 radical (unpaired) electrons. The van der Waals surface area contributed by atoms with Crippen LogP contribution in [-0.2, 0) is 31.4 Å². The van der Waals surface area contributed by atoms with Crippen LogP contribution in [0.15, 0.2) is 54.6 Å². The third kappa shape index (κ3) is 5.39. The van der Waals surface area contributed by atoms with Crippen molar-refractivity contribution in [1.82, 2.24) is 19.6 Å². The molecule has 4 aromatic rings. The molecule has 2 heterocycles. The quantitative estimate of drug-likeness (QED) is 0.348. The minimum Gasteiger partial charge on any atom is -0.372 e. The van der Waals surface area contributed by atoms with Crippen LogP contribution in [0.1, 0.15) is 45.9 Å². The maximum Gasteiger partial charge on any atom is 0.282 e. The average Bonchev–Trinajstić information content (AvgIpc) is 3.39. The molecule has 1 unspecified atom stereocenters. The molecule has 0 aliphatic carbocycles. The lowest BCUT2D eigenvalue weighted by Crippen LogP contribution is -2.11. The van der Waals surface area contributed by atoms with E-state index >= 15 is 0 Å². The van der Waals surface area contributed by atoms with E-state index in [9.17, 15) is 8.78 Å². The standard InChI is InChI=1S/C25H24F2N5OP/c1-16-3-5-17(6-4-16)14-33-15-18-9-22(34)7-8-24(18)32-21(12-23(30-32)25(26)27)11-20-10-19(13-28)29-31(20)2/h3-10,12,25H,11,14-15,34H2,1-2H3. The number of halogens is 2. The predicted molar refractivity (Wildman–Crippen MR) is 128 cm³/mol. The first-order valence-electron chi connectivity index (χ1n) is 10.7. The third-order valence-electron chi connectivity index (χ3n) is 5.46. The van der Waals surface area contributed by atoms with Gasteiger partial charge >= 0.3 is 0 Å². The molecule has 0 fully saturated rings. The van der Waals surface area contributed by atoms with Crippen LogP contribution in [0.25, 0.3) is 5.69 Å². The number of ether oxygens (including phenoxy) is 1. The Kier molecular flexibility index (Phi) is 7.16. The number of nitriles is 1. The molecule has 6 nitrogen and oxygen atoms in total. The Labute approximate surface area is 199 Å². The molecule has 4 rings (SSSR count). The van der Waals surface area contributed by atoms with E-state index < -0.39 is 6.43 Å². The van der Waals surface area contributed by atoms with Gasteiger partial charge in [-0.25, -0.2) is 13.5 Å². The van der Waals surface area contributed by atoms with Gasteiger partial charge in [0.2, 0.25) is 0 Å². The van der Waals surface area contributed by atoms with Crippen molar-refractivity contribution in [3.63, 3.8) is 0 Å². The summed E-state index contributed by atoms with van der Waals surface area (Å²) >= 11 is 0.